The molecule has 0 radical (unpaired) electrons. The van der Waals surface area contributed by atoms with Crippen LogP contribution in [0.5, 0.6) is 0 Å². The molecule has 1 nitrogen and oxygen atoms in total. The molecule has 0 saturated carbocycles. The molecule has 0 N–H and O–H groups in total. The van der Waals surface area contributed by atoms with E-state index in [0.29, 0.717) is 12.0 Å². The largest absolute Gasteiger partial charge is 0.285 e. The van der Waals surface area contributed by atoms with Gasteiger partial charge in [-0.2, -0.15) is 0 Å². The van der Waals surface area contributed by atoms with Crippen molar-refractivity contribution in [1.82, 2.24) is 0 Å². The second-order valence-electron chi connectivity index (χ2n) is 4.38. The minimum absolute atomic E-state index is 0.560. The van der Waals surface area contributed by atoms with Gasteiger partial charge in [0.25, 0.3) is 0 Å². The SMILES string of the molecule is C1=C[C@@H]2CC(c3ccccc3)=N[C@@H]2CC1. The van der Waals surface area contributed by atoms with Crippen molar-refractivity contribution in [2.45, 2.75) is 25.3 Å². The lowest BCUT2D eigenvalue weighted by molar-refractivity contribution is 0.500. The van der Waals surface area contributed by atoms with Crippen molar-refractivity contribution in [3.05, 3.63) is 48.0 Å². The van der Waals surface area contributed by atoms with Crippen LogP contribution in [0.1, 0.15) is 24.8 Å². The van der Waals surface area contributed by atoms with Gasteiger partial charge in [0.05, 0.1) is 6.04 Å². The normalized spacial score (nSPS) is 28.7. The monoisotopic (exact) mass is 197 g/mol. The summed E-state index contributed by atoms with van der Waals surface area (Å²) in [6.45, 7) is 0. The van der Waals surface area contributed by atoms with Crippen LogP contribution in [0.3, 0.4) is 0 Å². The molecule has 0 saturated heterocycles. The number of allylic oxidation sites excluding steroid dienone is 1. The molecule has 0 spiro atoms. The standard InChI is InChI=1S/C14H15N/c1-2-6-11(7-3-1)14-10-12-8-4-5-9-13(12)15-14/h1-4,6-8,12-13H,5,9-10H2/t12-,13-/m1/s1. The number of rotatable bonds is 1. The fourth-order valence-corrected chi connectivity index (χ4v) is 2.54. The third-order valence-corrected chi connectivity index (χ3v) is 3.36. The van der Waals surface area contributed by atoms with Gasteiger partial charge in [-0.3, -0.25) is 4.99 Å². The van der Waals surface area contributed by atoms with Crippen LogP contribution in [-0.2, 0) is 0 Å². The van der Waals surface area contributed by atoms with E-state index >= 15 is 0 Å². The first-order chi connectivity index (χ1) is 7.43. The fourth-order valence-electron chi connectivity index (χ4n) is 2.54. The molecule has 0 fully saturated rings. The molecule has 2 atom stereocenters. The van der Waals surface area contributed by atoms with Crippen molar-refractivity contribution < 1.29 is 0 Å². The van der Waals surface area contributed by atoms with Crippen LogP contribution in [0.4, 0.5) is 0 Å². The van der Waals surface area contributed by atoms with Crippen molar-refractivity contribution in [2.75, 3.05) is 0 Å². The van der Waals surface area contributed by atoms with E-state index in [9.17, 15) is 0 Å². The maximum atomic E-state index is 4.85. The van der Waals surface area contributed by atoms with Gasteiger partial charge in [0.15, 0.2) is 0 Å². The maximum Gasteiger partial charge on any atom is 0.0572 e. The Morgan fingerprint density at radius 2 is 2.00 bits per heavy atom. The number of fused-ring (bicyclic) bond motifs is 1. The smallest absolute Gasteiger partial charge is 0.0572 e. The molecular weight excluding hydrogens is 182 g/mol. The molecule has 1 aliphatic heterocycles. The summed E-state index contributed by atoms with van der Waals surface area (Å²) in [5.41, 5.74) is 2.61. The Labute approximate surface area is 90.5 Å². The van der Waals surface area contributed by atoms with Gasteiger partial charge in [0.1, 0.15) is 0 Å². The molecule has 1 heteroatoms. The molecule has 2 aliphatic rings. The highest BCUT2D eigenvalue weighted by molar-refractivity contribution is 6.02. The number of benzene rings is 1. The van der Waals surface area contributed by atoms with Crippen LogP contribution < -0.4 is 0 Å². The number of hydrogen-bond donors (Lipinski definition) is 0. The van der Waals surface area contributed by atoms with E-state index in [1.165, 1.54) is 24.1 Å². The molecular formula is C14H15N. The molecule has 0 unspecified atom stereocenters. The van der Waals surface area contributed by atoms with E-state index in [0.717, 1.165) is 6.42 Å². The first-order valence-electron chi connectivity index (χ1n) is 5.72. The van der Waals surface area contributed by atoms with E-state index in [2.05, 4.69) is 42.5 Å². The molecule has 0 aromatic heterocycles. The summed E-state index contributed by atoms with van der Waals surface area (Å²) < 4.78 is 0. The van der Waals surface area contributed by atoms with Crippen molar-refractivity contribution in [3.8, 4) is 0 Å². The van der Waals surface area contributed by atoms with Crippen LogP contribution in [0.25, 0.3) is 0 Å². The van der Waals surface area contributed by atoms with Crippen LogP contribution in [0, 0.1) is 5.92 Å². The van der Waals surface area contributed by atoms with Gasteiger partial charge in [-0.05, 0) is 24.8 Å². The van der Waals surface area contributed by atoms with Gasteiger partial charge in [-0.25, -0.2) is 0 Å². The number of nitrogens with zero attached hydrogens (tertiary/aromatic N) is 1. The first kappa shape index (κ1) is 8.90. The fraction of sp³-hybridized carbons (Fsp3) is 0.357. The van der Waals surface area contributed by atoms with Gasteiger partial charge < -0.3 is 0 Å². The molecule has 1 aliphatic carbocycles. The number of aliphatic imine (C=N–C) groups is 1. The summed E-state index contributed by atoms with van der Waals surface area (Å²) in [7, 11) is 0. The second kappa shape index (κ2) is 3.65. The Hall–Kier alpha value is -1.37. The lowest BCUT2D eigenvalue weighted by atomic mass is 9.89. The van der Waals surface area contributed by atoms with Gasteiger partial charge in [0, 0.05) is 11.6 Å². The summed E-state index contributed by atoms with van der Waals surface area (Å²) in [5.74, 6) is 0.675. The van der Waals surface area contributed by atoms with Gasteiger partial charge in [-0.1, -0.05) is 42.5 Å². The Balaban J connectivity index is 1.88. The molecule has 1 aromatic carbocycles. The average molecular weight is 197 g/mol. The first-order valence-corrected chi connectivity index (χ1v) is 5.72. The highest BCUT2D eigenvalue weighted by Gasteiger charge is 2.28. The minimum Gasteiger partial charge on any atom is -0.285 e. The van der Waals surface area contributed by atoms with Crippen molar-refractivity contribution in [2.24, 2.45) is 10.9 Å². The topological polar surface area (TPSA) is 12.4 Å². The van der Waals surface area contributed by atoms with E-state index in [1.807, 2.05) is 0 Å². The summed E-state index contributed by atoms with van der Waals surface area (Å²) in [4.78, 5) is 4.85. The third-order valence-electron chi connectivity index (χ3n) is 3.36. The van der Waals surface area contributed by atoms with Crippen molar-refractivity contribution >= 4 is 5.71 Å². The average Bonchev–Trinajstić information content (AvgIpc) is 2.74. The Kier molecular flexibility index (Phi) is 2.17. The molecule has 0 amide bonds. The third kappa shape index (κ3) is 1.63. The Bertz CT molecular complexity index is 403. The maximum absolute atomic E-state index is 4.85. The summed E-state index contributed by atoms with van der Waals surface area (Å²) in [5, 5.41) is 0. The Morgan fingerprint density at radius 3 is 2.80 bits per heavy atom. The predicted molar refractivity (Wildman–Crippen MR) is 63.2 cm³/mol. The van der Waals surface area contributed by atoms with Crippen molar-refractivity contribution in [3.63, 3.8) is 0 Å². The zero-order valence-electron chi connectivity index (χ0n) is 8.76. The predicted octanol–water partition coefficient (Wildman–Crippen LogP) is 3.21. The molecule has 3 rings (SSSR count). The molecule has 76 valence electrons. The van der Waals surface area contributed by atoms with Gasteiger partial charge >= 0.3 is 0 Å². The van der Waals surface area contributed by atoms with E-state index in [4.69, 9.17) is 4.99 Å². The quantitative estimate of drug-likeness (QED) is 0.613. The van der Waals surface area contributed by atoms with Gasteiger partial charge in [-0.15, -0.1) is 0 Å². The zero-order valence-corrected chi connectivity index (χ0v) is 8.76. The summed E-state index contributed by atoms with van der Waals surface area (Å²) in [6.07, 6.45) is 8.23. The summed E-state index contributed by atoms with van der Waals surface area (Å²) in [6, 6.07) is 11.1. The molecule has 1 aromatic rings. The molecule has 15 heavy (non-hydrogen) atoms. The lowest BCUT2D eigenvalue weighted by Gasteiger charge is -2.16. The highest BCUT2D eigenvalue weighted by Crippen LogP contribution is 2.31. The van der Waals surface area contributed by atoms with Crippen molar-refractivity contribution in [1.29, 1.82) is 0 Å². The minimum atomic E-state index is 0.560. The van der Waals surface area contributed by atoms with Gasteiger partial charge in [0.2, 0.25) is 0 Å². The van der Waals surface area contributed by atoms with Crippen LogP contribution in [-0.4, -0.2) is 11.8 Å². The summed E-state index contributed by atoms with van der Waals surface area (Å²) >= 11 is 0. The van der Waals surface area contributed by atoms with E-state index < -0.39 is 0 Å². The second-order valence-corrected chi connectivity index (χ2v) is 4.38. The highest BCUT2D eigenvalue weighted by atomic mass is 14.8. The van der Waals surface area contributed by atoms with Crippen LogP contribution in [0.15, 0.2) is 47.5 Å². The number of hydrogen-bond acceptors (Lipinski definition) is 1. The lowest BCUT2D eigenvalue weighted by Crippen LogP contribution is -2.14. The van der Waals surface area contributed by atoms with E-state index in [1.54, 1.807) is 0 Å². The zero-order chi connectivity index (χ0) is 10.1. The molecule has 1 heterocycles. The van der Waals surface area contributed by atoms with Crippen LogP contribution in [0.2, 0.25) is 0 Å². The molecule has 0 bridgehead atoms. The Morgan fingerprint density at radius 1 is 1.13 bits per heavy atom. The van der Waals surface area contributed by atoms with Crippen LogP contribution >= 0.6 is 0 Å². The van der Waals surface area contributed by atoms with E-state index in [-0.39, 0.29) is 0 Å².